The molecule has 0 aliphatic carbocycles. The number of rotatable bonds is 2. The molecule has 1 N–H and O–H groups in total. The van der Waals surface area contributed by atoms with Gasteiger partial charge >= 0.3 is 0 Å². The van der Waals surface area contributed by atoms with Crippen LogP contribution in [0.3, 0.4) is 0 Å². The number of hydrogen-bond acceptors (Lipinski definition) is 3. The highest BCUT2D eigenvalue weighted by Crippen LogP contribution is 2.26. The minimum absolute atomic E-state index is 0.546. The number of nitrogens with one attached hydrogen (secondary N) is 1. The van der Waals surface area contributed by atoms with E-state index in [2.05, 4.69) is 15.3 Å². The number of para-hydroxylation sites is 1. The molecular weight excluding hydrogens is 216 g/mol. The maximum Gasteiger partial charge on any atom is 0.153 e. The van der Waals surface area contributed by atoms with Crippen molar-refractivity contribution in [3.05, 3.63) is 36.0 Å². The van der Waals surface area contributed by atoms with Crippen LogP contribution < -0.4 is 0 Å². The smallest absolute Gasteiger partial charge is 0.153 e. The average Bonchev–Trinajstić information content (AvgIpc) is 2.91. The normalized spacial score (nSPS) is 10.9. The third-order valence-corrected chi connectivity index (χ3v) is 2.68. The molecule has 5 nitrogen and oxygen atoms in total. The van der Waals surface area contributed by atoms with Crippen LogP contribution in [0.4, 0.5) is 0 Å². The van der Waals surface area contributed by atoms with E-state index in [1.165, 1.54) is 0 Å². The molecule has 0 aliphatic heterocycles. The Morgan fingerprint density at radius 3 is 2.94 bits per heavy atom. The number of aryl methyl sites for hydroxylation is 1. The van der Waals surface area contributed by atoms with Gasteiger partial charge in [-0.25, -0.2) is 0 Å². The van der Waals surface area contributed by atoms with Crippen molar-refractivity contribution in [3.63, 3.8) is 0 Å². The SMILES string of the molecule is Cn1cc(C=O)c(-c2n[nH]c3ccccc23)n1. The Bertz CT molecular complexity index is 695. The molecular formula is C12H10N4O. The number of aromatic amines is 1. The zero-order valence-electron chi connectivity index (χ0n) is 9.21. The van der Waals surface area contributed by atoms with Crippen LogP contribution in [0.15, 0.2) is 30.5 Å². The first kappa shape index (κ1) is 9.77. The molecule has 3 rings (SSSR count). The molecule has 5 heteroatoms. The van der Waals surface area contributed by atoms with E-state index in [1.807, 2.05) is 24.3 Å². The van der Waals surface area contributed by atoms with Crippen LogP contribution in [0, 0.1) is 0 Å². The lowest BCUT2D eigenvalue weighted by Crippen LogP contribution is -1.88. The number of H-pyrrole nitrogens is 1. The molecule has 0 unspecified atom stereocenters. The summed E-state index contributed by atoms with van der Waals surface area (Å²) in [6.07, 6.45) is 2.48. The molecule has 0 saturated carbocycles. The van der Waals surface area contributed by atoms with E-state index in [0.717, 1.165) is 17.2 Å². The van der Waals surface area contributed by atoms with Gasteiger partial charge < -0.3 is 0 Å². The number of carbonyl (C=O) groups is 1. The Hall–Kier alpha value is -2.43. The maximum absolute atomic E-state index is 11.0. The number of hydrogen-bond donors (Lipinski definition) is 1. The topological polar surface area (TPSA) is 63.6 Å². The first-order valence-corrected chi connectivity index (χ1v) is 5.22. The van der Waals surface area contributed by atoms with Gasteiger partial charge in [-0.1, -0.05) is 18.2 Å². The largest absolute Gasteiger partial charge is 0.298 e. The zero-order valence-corrected chi connectivity index (χ0v) is 9.21. The molecule has 0 bridgehead atoms. The van der Waals surface area contributed by atoms with Gasteiger partial charge in [0.05, 0.1) is 11.1 Å². The van der Waals surface area contributed by atoms with Crippen molar-refractivity contribution in [2.75, 3.05) is 0 Å². The number of benzene rings is 1. The van der Waals surface area contributed by atoms with E-state index in [9.17, 15) is 4.79 Å². The van der Waals surface area contributed by atoms with E-state index in [0.29, 0.717) is 17.0 Å². The fourth-order valence-electron chi connectivity index (χ4n) is 1.92. The summed E-state index contributed by atoms with van der Waals surface area (Å²) < 4.78 is 1.61. The van der Waals surface area contributed by atoms with Crippen molar-refractivity contribution < 1.29 is 4.79 Å². The first-order chi connectivity index (χ1) is 8.29. The summed E-state index contributed by atoms with van der Waals surface area (Å²) in [5.74, 6) is 0. The minimum atomic E-state index is 0.546. The third-order valence-electron chi connectivity index (χ3n) is 2.68. The monoisotopic (exact) mass is 226 g/mol. The zero-order chi connectivity index (χ0) is 11.8. The maximum atomic E-state index is 11.0. The van der Waals surface area contributed by atoms with E-state index in [-0.39, 0.29) is 0 Å². The molecule has 84 valence electrons. The van der Waals surface area contributed by atoms with E-state index in [4.69, 9.17) is 0 Å². The molecule has 0 spiro atoms. The van der Waals surface area contributed by atoms with Crippen LogP contribution in [0.1, 0.15) is 10.4 Å². The van der Waals surface area contributed by atoms with Crippen LogP contribution in [0.2, 0.25) is 0 Å². The van der Waals surface area contributed by atoms with Crippen molar-refractivity contribution in [2.24, 2.45) is 7.05 Å². The highest BCUT2D eigenvalue weighted by molar-refractivity contribution is 5.96. The predicted octanol–water partition coefficient (Wildman–Crippen LogP) is 1.78. The van der Waals surface area contributed by atoms with Crippen molar-refractivity contribution in [1.29, 1.82) is 0 Å². The number of carbonyl (C=O) groups excluding carboxylic acids is 1. The molecule has 0 saturated heterocycles. The van der Waals surface area contributed by atoms with Crippen LogP contribution in [-0.4, -0.2) is 26.3 Å². The van der Waals surface area contributed by atoms with E-state index >= 15 is 0 Å². The number of aromatic nitrogens is 4. The Balaban J connectivity index is 2.30. The van der Waals surface area contributed by atoms with Crippen LogP contribution in [0.25, 0.3) is 22.3 Å². The highest BCUT2D eigenvalue weighted by Gasteiger charge is 2.15. The fourth-order valence-corrected chi connectivity index (χ4v) is 1.92. The first-order valence-electron chi connectivity index (χ1n) is 5.22. The van der Waals surface area contributed by atoms with Gasteiger partial charge in [-0.15, -0.1) is 0 Å². The molecule has 3 aromatic rings. The molecule has 2 aromatic heterocycles. The highest BCUT2D eigenvalue weighted by atomic mass is 16.1. The van der Waals surface area contributed by atoms with Gasteiger partial charge in [-0.2, -0.15) is 10.2 Å². The summed E-state index contributed by atoms with van der Waals surface area (Å²) in [5, 5.41) is 12.4. The van der Waals surface area contributed by atoms with E-state index < -0.39 is 0 Å². The average molecular weight is 226 g/mol. The second kappa shape index (κ2) is 3.55. The summed E-state index contributed by atoms with van der Waals surface area (Å²) >= 11 is 0. The number of nitrogens with zero attached hydrogens (tertiary/aromatic N) is 3. The summed E-state index contributed by atoms with van der Waals surface area (Å²) in [4.78, 5) is 11.0. The summed E-state index contributed by atoms with van der Waals surface area (Å²) in [7, 11) is 1.78. The Kier molecular flexibility index (Phi) is 2.04. The van der Waals surface area contributed by atoms with Gasteiger partial charge in [0.25, 0.3) is 0 Å². The fraction of sp³-hybridized carbons (Fsp3) is 0.0833. The van der Waals surface area contributed by atoms with Crippen molar-refractivity contribution in [3.8, 4) is 11.4 Å². The number of aldehydes is 1. The molecule has 0 radical (unpaired) electrons. The molecule has 0 aliphatic rings. The molecule has 0 atom stereocenters. The Morgan fingerprint density at radius 2 is 2.12 bits per heavy atom. The Morgan fingerprint density at radius 1 is 1.29 bits per heavy atom. The van der Waals surface area contributed by atoms with Crippen LogP contribution >= 0.6 is 0 Å². The third kappa shape index (κ3) is 1.44. The lowest BCUT2D eigenvalue weighted by atomic mass is 10.1. The van der Waals surface area contributed by atoms with E-state index in [1.54, 1.807) is 17.9 Å². The van der Waals surface area contributed by atoms with Crippen molar-refractivity contribution in [2.45, 2.75) is 0 Å². The van der Waals surface area contributed by atoms with Crippen LogP contribution in [0.5, 0.6) is 0 Å². The second-order valence-electron chi connectivity index (χ2n) is 3.84. The lowest BCUT2D eigenvalue weighted by molar-refractivity contribution is 0.112. The molecule has 1 aromatic carbocycles. The van der Waals surface area contributed by atoms with Crippen molar-refractivity contribution in [1.82, 2.24) is 20.0 Å². The minimum Gasteiger partial charge on any atom is -0.298 e. The molecule has 0 fully saturated rings. The van der Waals surface area contributed by atoms with Gasteiger partial charge in [0.2, 0.25) is 0 Å². The molecule has 0 amide bonds. The van der Waals surface area contributed by atoms with Crippen LogP contribution in [-0.2, 0) is 7.05 Å². The van der Waals surface area contributed by atoms with Gasteiger partial charge in [-0.05, 0) is 6.07 Å². The van der Waals surface area contributed by atoms with Crippen molar-refractivity contribution >= 4 is 17.2 Å². The number of fused-ring (bicyclic) bond motifs is 1. The summed E-state index contributed by atoms with van der Waals surface area (Å²) in [6.45, 7) is 0. The standard InChI is InChI=1S/C12H10N4O/c1-16-6-8(7-17)11(15-16)12-9-4-2-3-5-10(9)13-14-12/h2-7H,1H3,(H,13,14). The van der Waals surface area contributed by atoms with Gasteiger partial charge in [0, 0.05) is 18.6 Å². The molecule has 17 heavy (non-hydrogen) atoms. The quantitative estimate of drug-likeness (QED) is 0.677. The van der Waals surface area contributed by atoms with Gasteiger partial charge in [0.15, 0.2) is 6.29 Å². The summed E-state index contributed by atoms with van der Waals surface area (Å²) in [5.41, 5.74) is 2.80. The second-order valence-corrected chi connectivity index (χ2v) is 3.84. The lowest BCUT2D eigenvalue weighted by Gasteiger charge is -1.93. The van der Waals surface area contributed by atoms with Gasteiger partial charge in [0.1, 0.15) is 11.4 Å². The molecule has 2 heterocycles. The Labute approximate surface area is 97.1 Å². The van der Waals surface area contributed by atoms with Gasteiger partial charge in [-0.3, -0.25) is 14.6 Å². The predicted molar refractivity (Wildman–Crippen MR) is 63.7 cm³/mol. The summed E-state index contributed by atoms with van der Waals surface area (Å²) in [6, 6.07) is 7.76.